The molecule has 1 unspecified atom stereocenters. The molecule has 2 aromatic rings. The second-order valence-corrected chi connectivity index (χ2v) is 5.41. The maximum Gasteiger partial charge on any atom is 0.137 e. The van der Waals surface area contributed by atoms with Crippen LogP contribution >= 0.6 is 11.6 Å². The van der Waals surface area contributed by atoms with E-state index in [1.165, 1.54) is 0 Å². The Morgan fingerprint density at radius 3 is 2.38 bits per heavy atom. The van der Waals surface area contributed by atoms with Gasteiger partial charge in [0.15, 0.2) is 0 Å². The third kappa shape index (κ3) is 3.69. The van der Waals surface area contributed by atoms with Crippen molar-refractivity contribution in [2.24, 2.45) is 0 Å². The summed E-state index contributed by atoms with van der Waals surface area (Å²) in [6.45, 7) is 3.90. The van der Waals surface area contributed by atoms with Crippen molar-refractivity contribution in [3.8, 4) is 11.5 Å². The largest absolute Gasteiger partial charge is 0.495 e. The Kier molecular flexibility index (Phi) is 5.10. The van der Waals surface area contributed by atoms with Crippen LogP contribution in [0.5, 0.6) is 11.5 Å². The fourth-order valence-corrected chi connectivity index (χ4v) is 2.37. The average Bonchev–Trinajstić information content (AvgIpc) is 2.46. The summed E-state index contributed by atoms with van der Waals surface area (Å²) in [5.74, 6) is 1.26. The van der Waals surface area contributed by atoms with Crippen molar-refractivity contribution in [3.05, 3.63) is 58.6 Å². The van der Waals surface area contributed by atoms with Gasteiger partial charge in [-0.3, -0.25) is 0 Å². The van der Waals surface area contributed by atoms with E-state index in [9.17, 15) is 5.11 Å². The van der Waals surface area contributed by atoms with Gasteiger partial charge in [0.25, 0.3) is 0 Å². The van der Waals surface area contributed by atoms with Crippen LogP contribution in [0, 0.1) is 0 Å². The molecule has 0 aliphatic carbocycles. The third-order valence-corrected chi connectivity index (χ3v) is 3.36. The molecular formula is C17H19ClO3. The molecule has 3 nitrogen and oxygen atoms in total. The van der Waals surface area contributed by atoms with Crippen molar-refractivity contribution in [1.82, 2.24) is 0 Å². The highest BCUT2D eigenvalue weighted by Gasteiger charge is 2.17. The number of benzene rings is 2. The van der Waals surface area contributed by atoms with Crippen molar-refractivity contribution in [3.63, 3.8) is 0 Å². The summed E-state index contributed by atoms with van der Waals surface area (Å²) >= 11 is 6.12. The summed E-state index contributed by atoms with van der Waals surface area (Å²) in [6, 6.07) is 12.7. The maximum atomic E-state index is 10.6. The van der Waals surface area contributed by atoms with Gasteiger partial charge in [0, 0.05) is 5.56 Å². The van der Waals surface area contributed by atoms with Crippen molar-refractivity contribution in [2.75, 3.05) is 7.11 Å². The van der Waals surface area contributed by atoms with E-state index in [1.54, 1.807) is 25.3 Å². The monoisotopic (exact) mass is 306 g/mol. The van der Waals surface area contributed by atoms with Gasteiger partial charge in [-0.25, -0.2) is 0 Å². The number of rotatable bonds is 5. The molecule has 0 saturated carbocycles. The fraction of sp³-hybridized carbons (Fsp3) is 0.294. The minimum Gasteiger partial charge on any atom is -0.495 e. The molecular weight excluding hydrogens is 288 g/mol. The normalized spacial score (nSPS) is 12.3. The molecule has 0 spiro atoms. The molecule has 0 aliphatic rings. The molecule has 0 aliphatic heterocycles. The second kappa shape index (κ2) is 6.83. The van der Waals surface area contributed by atoms with Crippen LogP contribution < -0.4 is 9.47 Å². The van der Waals surface area contributed by atoms with Crippen molar-refractivity contribution in [2.45, 2.75) is 26.1 Å². The zero-order valence-corrected chi connectivity index (χ0v) is 13.1. The number of aliphatic hydroxyl groups excluding tert-OH is 1. The number of para-hydroxylation sites is 1. The summed E-state index contributed by atoms with van der Waals surface area (Å²) in [4.78, 5) is 0. The summed E-state index contributed by atoms with van der Waals surface area (Å²) in [7, 11) is 1.56. The molecule has 0 aromatic heterocycles. The van der Waals surface area contributed by atoms with Crippen LogP contribution in [-0.2, 0) is 0 Å². The highest BCUT2D eigenvalue weighted by atomic mass is 35.5. The van der Waals surface area contributed by atoms with Crippen LogP contribution in [0.1, 0.15) is 31.1 Å². The lowest BCUT2D eigenvalue weighted by atomic mass is 10.0. The number of ether oxygens (including phenoxy) is 2. The first kappa shape index (κ1) is 15.7. The molecule has 4 heteroatoms. The SMILES string of the molecule is COc1ccc(C(O)c2ccccc2OC(C)C)cc1Cl. The van der Waals surface area contributed by atoms with Crippen molar-refractivity contribution < 1.29 is 14.6 Å². The molecule has 0 radical (unpaired) electrons. The number of halogens is 1. The number of hydrogen-bond donors (Lipinski definition) is 1. The van der Waals surface area contributed by atoms with Gasteiger partial charge in [-0.15, -0.1) is 0 Å². The predicted molar refractivity (Wildman–Crippen MR) is 84.3 cm³/mol. The Balaban J connectivity index is 2.35. The lowest BCUT2D eigenvalue weighted by Crippen LogP contribution is -2.10. The number of methoxy groups -OCH3 is 1. The van der Waals surface area contributed by atoms with Crippen LogP contribution in [0.2, 0.25) is 5.02 Å². The third-order valence-electron chi connectivity index (χ3n) is 3.07. The van der Waals surface area contributed by atoms with Gasteiger partial charge < -0.3 is 14.6 Å². The second-order valence-electron chi connectivity index (χ2n) is 5.00. The van der Waals surface area contributed by atoms with E-state index < -0.39 is 6.10 Å². The van der Waals surface area contributed by atoms with Gasteiger partial charge in [-0.1, -0.05) is 35.9 Å². The van der Waals surface area contributed by atoms with Crippen LogP contribution in [0.4, 0.5) is 0 Å². The van der Waals surface area contributed by atoms with Gasteiger partial charge in [-0.05, 0) is 37.6 Å². The van der Waals surface area contributed by atoms with Gasteiger partial charge in [0.05, 0.1) is 18.2 Å². The quantitative estimate of drug-likeness (QED) is 0.899. The Hall–Kier alpha value is -1.71. The molecule has 0 bridgehead atoms. The molecule has 0 saturated heterocycles. The molecule has 21 heavy (non-hydrogen) atoms. The zero-order valence-electron chi connectivity index (χ0n) is 12.3. The van der Waals surface area contributed by atoms with Crippen LogP contribution in [0.25, 0.3) is 0 Å². The summed E-state index contributed by atoms with van der Waals surface area (Å²) in [5, 5.41) is 11.1. The van der Waals surface area contributed by atoms with Crippen LogP contribution in [0.3, 0.4) is 0 Å². The topological polar surface area (TPSA) is 38.7 Å². The zero-order chi connectivity index (χ0) is 15.4. The van der Waals surface area contributed by atoms with Crippen molar-refractivity contribution in [1.29, 1.82) is 0 Å². The average molecular weight is 307 g/mol. The molecule has 0 heterocycles. The lowest BCUT2D eigenvalue weighted by molar-refractivity contribution is 0.198. The van der Waals surface area contributed by atoms with Crippen LogP contribution in [0.15, 0.2) is 42.5 Å². The Morgan fingerprint density at radius 1 is 1.05 bits per heavy atom. The predicted octanol–water partition coefficient (Wildman–Crippen LogP) is 4.22. The molecule has 0 fully saturated rings. The Bertz CT molecular complexity index is 611. The first-order chi connectivity index (χ1) is 10.0. The minimum absolute atomic E-state index is 0.0396. The molecule has 112 valence electrons. The van der Waals surface area contributed by atoms with E-state index >= 15 is 0 Å². The van der Waals surface area contributed by atoms with E-state index in [1.807, 2.05) is 38.1 Å². The van der Waals surface area contributed by atoms with E-state index in [2.05, 4.69) is 0 Å². The summed E-state index contributed by atoms with van der Waals surface area (Å²) in [5.41, 5.74) is 1.41. The van der Waals surface area contributed by atoms with Crippen LogP contribution in [-0.4, -0.2) is 18.3 Å². The molecule has 1 N–H and O–H groups in total. The van der Waals surface area contributed by atoms with Gasteiger partial charge >= 0.3 is 0 Å². The maximum absolute atomic E-state index is 10.6. The molecule has 1 atom stereocenters. The first-order valence-electron chi connectivity index (χ1n) is 6.80. The smallest absolute Gasteiger partial charge is 0.137 e. The molecule has 0 amide bonds. The highest BCUT2D eigenvalue weighted by molar-refractivity contribution is 6.32. The first-order valence-corrected chi connectivity index (χ1v) is 7.17. The minimum atomic E-state index is -0.802. The van der Waals surface area contributed by atoms with Gasteiger partial charge in [0.1, 0.15) is 17.6 Å². The summed E-state index contributed by atoms with van der Waals surface area (Å²) in [6.07, 6.45) is -0.763. The Labute approximate surface area is 130 Å². The van der Waals surface area contributed by atoms with E-state index in [4.69, 9.17) is 21.1 Å². The fourth-order valence-electron chi connectivity index (χ4n) is 2.10. The van der Waals surface area contributed by atoms with Gasteiger partial charge in [-0.2, -0.15) is 0 Å². The van der Waals surface area contributed by atoms with Crippen molar-refractivity contribution >= 4 is 11.6 Å². The summed E-state index contributed by atoms with van der Waals surface area (Å²) < 4.78 is 10.9. The molecule has 2 aromatic carbocycles. The lowest BCUT2D eigenvalue weighted by Gasteiger charge is -2.18. The van der Waals surface area contributed by atoms with E-state index in [-0.39, 0.29) is 6.10 Å². The molecule has 2 rings (SSSR count). The van der Waals surface area contributed by atoms with Gasteiger partial charge in [0.2, 0.25) is 0 Å². The standard InChI is InChI=1S/C17H19ClO3/c1-11(2)21-15-7-5-4-6-13(15)17(19)12-8-9-16(20-3)14(18)10-12/h4-11,17,19H,1-3H3. The number of hydrogen-bond acceptors (Lipinski definition) is 3. The Morgan fingerprint density at radius 2 is 1.76 bits per heavy atom. The highest BCUT2D eigenvalue weighted by Crippen LogP contribution is 2.34. The van der Waals surface area contributed by atoms with E-state index in [0.717, 1.165) is 0 Å². The number of aliphatic hydroxyl groups is 1. The van der Waals surface area contributed by atoms with E-state index in [0.29, 0.717) is 27.6 Å².